The maximum Gasteiger partial charge on any atom is 0.207 e. The van der Waals surface area contributed by atoms with E-state index in [9.17, 15) is 4.39 Å². The number of benzene rings is 1. The zero-order chi connectivity index (χ0) is 13.3. The van der Waals surface area contributed by atoms with E-state index in [1.807, 2.05) is 31.5 Å². The second-order valence-corrected chi connectivity index (χ2v) is 4.88. The molecule has 1 N–H and O–H groups in total. The molecule has 3 nitrogen and oxygen atoms in total. The minimum absolute atomic E-state index is 0.106. The molecule has 2 aromatic rings. The number of aromatic nitrogens is 2. The van der Waals surface area contributed by atoms with Crippen LogP contribution in [0.3, 0.4) is 0 Å². The van der Waals surface area contributed by atoms with Gasteiger partial charge in [0.15, 0.2) is 0 Å². The molecule has 0 saturated heterocycles. The van der Waals surface area contributed by atoms with Gasteiger partial charge in [-0.25, -0.2) is 9.37 Å². The number of nitrogens with zero attached hydrogens (tertiary/aromatic N) is 2. The fourth-order valence-electron chi connectivity index (χ4n) is 1.69. The molecule has 0 saturated carbocycles. The molecule has 5 heteroatoms. The first kappa shape index (κ1) is 12.9. The van der Waals surface area contributed by atoms with Crippen LogP contribution in [-0.2, 0) is 0 Å². The third-order valence-electron chi connectivity index (χ3n) is 2.43. The molecule has 0 radical (unpaired) electrons. The van der Waals surface area contributed by atoms with E-state index in [0.717, 1.165) is 17.3 Å². The van der Waals surface area contributed by atoms with E-state index in [-0.39, 0.29) is 11.1 Å². The summed E-state index contributed by atoms with van der Waals surface area (Å²) in [5, 5.41) is 3.35. The predicted octanol–water partition coefficient (Wildman–Crippen LogP) is 3.79. The van der Waals surface area contributed by atoms with Gasteiger partial charge in [0.05, 0.1) is 16.4 Å². The lowest BCUT2D eigenvalue weighted by Crippen LogP contribution is -2.13. The Morgan fingerprint density at radius 1 is 1.39 bits per heavy atom. The molecular weight excluding hydrogens is 253 g/mol. The van der Waals surface area contributed by atoms with Crippen LogP contribution in [0, 0.1) is 12.7 Å². The number of hydrogen-bond donors (Lipinski definition) is 1. The van der Waals surface area contributed by atoms with Crippen LogP contribution >= 0.6 is 11.6 Å². The van der Waals surface area contributed by atoms with Gasteiger partial charge in [0.2, 0.25) is 5.95 Å². The van der Waals surface area contributed by atoms with Gasteiger partial charge in [0.25, 0.3) is 0 Å². The average Bonchev–Trinajstić information content (AvgIpc) is 2.62. The van der Waals surface area contributed by atoms with Crippen LogP contribution < -0.4 is 5.32 Å². The first-order valence-corrected chi connectivity index (χ1v) is 6.13. The van der Waals surface area contributed by atoms with Crippen LogP contribution in [0.4, 0.5) is 10.3 Å². The van der Waals surface area contributed by atoms with Crippen molar-refractivity contribution < 1.29 is 4.39 Å². The molecule has 0 amide bonds. The number of nitrogens with one attached hydrogen (secondary N) is 1. The predicted molar refractivity (Wildman–Crippen MR) is 72.0 cm³/mol. The fraction of sp³-hybridized carbons (Fsp3) is 0.308. The summed E-state index contributed by atoms with van der Waals surface area (Å²) in [6, 6.07) is 4.88. The largest absolute Gasteiger partial charge is 0.353 e. The van der Waals surface area contributed by atoms with Crippen LogP contribution in [0.5, 0.6) is 0 Å². The van der Waals surface area contributed by atoms with Crippen molar-refractivity contribution in [2.24, 2.45) is 0 Å². The molecule has 2 rings (SSSR count). The minimum Gasteiger partial charge on any atom is -0.353 e. The second kappa shape index (κ2) is 4.98. The minimum atomic E-state index is -0.421. The van der Waals surface area contributed by atoms with Gasteiger partial charge in [-0.1, -0.05) is 11.6 Å². The first-order valence-electron chi connectivity index (χ1n) is 5.75. The van der Waals surface area contributed by atoms with Gasteiger partial charge in [-0.2, -0.15) is 0 Å². The van der Waals surface area contributed by atoms with E-state index >= 15 is 0 Å². The Morgan fingerprint density at radius 2 is 2.11 bits per heavy atom. The monoisotopic (exact) mass is 267 g/mol. The van der Waals surface area contributed by atoms with E-state index in [0.29, 0.717) is 0 Å². The summed E-state index contributed by atoms with van der Waals surface area (Å²) >= 11 is 5.80. The third-order valence-corrected chi connectivity index (χ3v) is 2.72. The number of anilines is 1. The molecule has 0 spiro atoms. The molecule has 1 aromatic heterocycles. The molecule has 96 valence electrons. The summed E-state index contributed by atoms with van der Waals surface area (Å²) in [4.78, 5) is 4.39. The Hall–Kier alpha value is -1.55. The lowest BCUT2D eigenvalue weighted by Gasteiger charge is -2.12. The van der Waals surface area contributed by atoms with Crippen LogP contribution in [-0.4, -0.2) is 15.6 Å². The standard InChI is InChI=1S/C13H15ClFN3/c1-8(2)16-13-17-9(3)7-18(13)10-4-5-12(15)11(14)6-10/h4-8H,1-3H3,(H,16,17). The van der Waals surface area contributed by atoms with Crippen molar-refractivity contribution in [3.05, 3.63) is 40.9 Å². The topological polar surface area (TPSA) is 29.9 Å². The van der Waals surface area contributed by atoms with E-state index in [4.69, 9.17) is 11.6 Å². The van der Waals surface area contributed by atoms with Crippen molar-refractivity contribution >= 4 is 17.5 Å². The SMILES string of the molecule is Cc1cn(-c2ccc(F)c(Cl)c2)c(NC(C)C)n1. The zero-order valence-corrected chi connectivity index (χ0v) is 11.3. The van der Waals surface area contributed by atoms with Crippen molar-refractivity contribution in [3.8, 4) is 5.69 Å². The normalized spacial score (nSPS) is 11.0. The third kappa shape index (κ3) is 2.64. The highest BCUT2D eigenvalue weighted by Gasteiger charge is 2.10. The fourth-order valence-corrected chi connectivity index (χ4v) is 1.86. The lowest BCUT2D eigenvalue weighted by molar-refractivity contribution is 0.628. The molecule has 0 atom stereocenters. The highest BCUT2D eigenvalue weighted by molar-refractivity contribution is 6.30. The zero-order valence-electron chi connectivity index (χ0n) is 10.5. The van der Waals surface area contributed by atoms with Crippen molar-refractivity contribution in [1.82, 2.24) is 9.55 Å². The second-order valence-electron chi connectivity index (χ2n) is 4.47. The number of halogens is 2. The average molecular weight is 268 g/mol. The van der Waals surface area contributed by atoms with Gasteiger partial charge >= 0.3 is 0 Å². The Bertz CT molecular complexity index is 563. The van der Waals surface area contributed by atoms with Gasteiger partial charge in [-0.15, -0.1) is 0 Å². The summed E-state index contributed by atoms with van der Waals surface area (Å²) in [5.41, 5.74) is 1.67. The Kier molecular flexibility index (Phi) is 3.57. The van der Waals surface area contributed by atoms with Crippen LogP contribution in [0.1, 0.15) is 19.5 Å². The molecule has 18 heavy (non-hydrogen) atoms. The lowest BCUT2D eigenvalue weighted by atomic mass is 10.3. The molecule has 0 unspecified atom stereocenters. The molecule has 0 fully saturated rings. The quantitative estimate of drug-likeness (QED) is 0.917. The molecule has 0 aliphatic rings. The molecule has 1 heterocycles. The summed E-state index contributed by atoms with van der Waals surface area (Å²) < 4.78 is 15.0. The number of hydrogen-bond acceptors (Lipinski definition) is 2. The highest BCUT2D eigenvalue weighted by Crippen LogP contribution is 2.22. The van der Waals surface area contributed by atoms with Gasteiger partial charge in [-0.05, 0) is 39.0 Å². The van der Waals surface area contributed by atoms with Gasteiger partial charge in [0.1, 0.15) is 5.82 Å². The van der Waals surface area contributed by atoms with E-state index in [1.54, 1.807) is 12.1 Å². The van der Waals surface area contributed by atoms with Crippen molar-refractivity contribution in [2.75, 3.05) is 5.32 Å². The maximum absolute atomic E-state index is 13.2. The van der Waals surface area contributed by atoms with Crippen molar-refractivity contribution in [1.29, 1.82) is 0 Å². The van der Waals surface area contributed by atoms with Crippen LogP contribution in [0.2, 0.25) is 5.02 Å². The van der Waals surface area contributed by atoms with Crippen molar-refractivity contribution in [2.45, 2.75) is 26.8 Å². The summed E-state index contributed by atoms with van der Waals surface area (Å²) in [7, 11) is 0. The molecule has 0 bridgehead atoms. The van der Waals surface area contributed by atoms with Crippen molar-refractivity contribution in [3.63, 3.8) is 0 Å². The number of imidazole rings is 1. The highest BCUT2D eigenvalue weighted by atomic mass is 35.5. The molecular formula is C13H15ClFN3. The Balaban J connectivity index is 2.45. The smallest absolute Gasteiger partial charge is 0.207 e. The van der Waals surface area contributed by atoms with Gasteiger partial charge in [0, 0.05) is 12.2 Å². The Labute approximate surface area is 111 Å². The first-order chi connectivity index (χ1) is 8.47. The molecule has 0 aliphatic heterocycles. The molecule has 1 aromatic carbocycles. The summed E-state index contributed by atoms with van der Waals surface area (Å²) in [6.07, 6.45) is 1.88. The van der Waals surface area contributed by atoms with E-state index in [1.165, 1.54) is 6.07 Å². The summed E-state index contributed by atoms with van der Waals surface area (Å²) in [5.74, 6) is 0.306. The van der Waals surface area contributed by atoms with Crippen LogP contribution in [0.15, 0.2) is 24.4 Å². The van der Waals surface area contributed by atoms with E-state index in [2.05, 4.69) is 10.3 Å². The Morgan fingerprint density at radius 3 is 2.72 bits per heavy atom. The van der Waals surface area contributed by atoms with Gasteiger partial charge < -0.3 is 5.32 Å². The molecule has 0 aliphatic carbocycles. The maximum atomic E-state index is 13.2. The van der Waals surface area contributed by atoms with Crippen LogP contribution in [0.25, 0.3) is 5.69 Å². The number of aryl methyl sites for hydroxylation is 1. The van der Waals surface area contributed by atoms with Gasteiger partial charge in [-0.3, -0.25) is 4.57 Å². The van der Waals surface area contributed by atoms with E-state index < -0.39 is 5.82 Å². The number of rotatable bonds is 3. The summed E-state index contributed by atoms with van der Waals surface area (Å²) in [6.45, 7) is 5.98.